The SMILES string of the molecule is CC(C)[N+](C)(CC[C@H](c1ccccc1)c1ccccc1CO)C(C)C.[I-]. The second-order valence-corrected chi connectivity index (χ2v) is 7.87. The molecule has 0 aliphatic heterocycles. The van der Waals surface area contributed by atoms with Crippen molar-refractivity contribution in [2.75, 3.05) is 13.6 Å². The minimum Gasteiger partial charge on any atom is -1.00 e. The van der Waals surface area contributed by atoms with Crippen LogP contribution in [0.1, 0.15) is 56.7 Å². The highest BCUT2D eigenvalue weighted by atomic mass is 127. The summed E-state index contributed by atoms with van der Waals surface area (Å²) in [6.07, 6.45) is 1.08. The molecule has 0 aliphatic carbocycles. The lowest BCUT2D eigenvalue weighted by Crippen LogP contribution is -3.00. The van der Waals surface area contributed by atoms with Crippen LogP contribution in [0.4, 0.5) is 0 Å². The highest BCUT2D eigenvalue weighted by molar-refractivity contribution is 5.37. The van der Waals surface area contributed by atoms with Crippen molar-refractivity contribution in [1.82, 2.24) is 0 Å². The van der Waals surface area contributed by atoms with Crippen LogP contribution in [0.5, 0.6) is 0 Å². The monoisotopic (exact) mass is 467 g/mol. The molecule has 0 unspecified atom stereocenters. The fourth-order valence-corrected chi connectivity index (χ4v) is 3.73. The molecule has 144 valence electrons. The number of aliphatic hydroxyl groups is 1. The zero-order valence-corrected chi connectivity index (χ0v) is 19.0. The van der Waals surface area contributed by atoms with E-state index in [4.69, 9.17) is 0 Å². The molecule has 1 N–H and O–H groups in total. The maximum absolute atomic E-state index is 9.81. The van der Waals surface area contributed by atoms with Crippen LogP contribution in [0, 0.1) is 0 Å². The predicted octanol–water partition coefficient (Wildman–Crippen LogP) is 1.97. The lowest BCUT2D eigenvalue weighted by atomic mass is 9.85. The van der Waals surface area contributed by atoms with Gasteiger partial charge in [0.25, 0.3) is 0 Å². The van der Waals surface area contributed by atoms with Crippen molar-refractivity contribution in [2.45, 2.75) is 58.7 Å². The lowest BCUT2D eigenvalue weighted by molar-refractivity contribution is -0.949. The van der Waals surface area contributed by atoms with Crippen LogP contribution >= 0.6 is 0 Å². The number of hydrogen-bond donors (Lipinski definition) is 1. The van der Waals surface area contributed by atoms with E-state index >= 15 is 0 Å². The zero-order valence-electron chi connectivity index (χ0n) is 16.8. The first kappa shape index (κ1) is 23.1. The van der Waals surface area contributed by atoms with E-state index < -0.39 is 0 Å². The quantitative estimate of drug-likeness (QED) is 0.465. The van der Waals surface area contributed by atoms with Gasteiger partial charge in [-0.1, -0.05) is 54.6 Å². The minimum absolute atomic E-state index is 0. The third-order valence-electron chi connectivity index (χ3n) is 6.06. The molecule has 0 radical (unpaired) electrons. The second-order valence-electron chi connectivity index (χ2n) is 7.87. The molecule has 2 aromatic rings. The molecule has 0 saturated carbocycles. The van der Waals surface area contributed by atoms with Gasteiger partial charge in [0.1, 0.15) is 0 Å². The molecule has 2 nitrogen and oxygen atoms in total. The van der Waals surface area contributed by atoms with E-state index in [1.165, 1.54) is 11.1 Å². The molecule has 2 rings (SSSR count). The molecule has 0 amide bonds. The first-order chi connectivity index (χ1) is 11.9. The summed E-state index contributed by atoms with van der Waals surface area (Å²) in [6.45, 7) is 10.5. The summed E-state index contributed by atoms with van der Waals surface area (Å²) in [6, 6.07) is 20.2. The Morgan fingerprint density at radius 1 is 0.846 bits per heavy atom. The number of nitrogens with zero attached hydrogens (tertiary/aromatic N) is 1. The average molecular weight is 467 g/mol. The van der Waals surface area contributed by atoms with E-state index in [1.807, 2.05) is 12.1 Å². The Bertz CT molecular complexity index is 646. The Hall–Kier alpha value is -0.910. The number of rotatable bonds is 8. The summed E-state index contributed by atoms with van der Waals surface area (Å²) in [4.78, 5) is 0. The van der Waals surface area contributed by atoms with Crippen molar-refractivity contribution in [2.24, 2.45) is 0 Å². The predicted molar refractivity (Wildman–Crippen MR) is 107 cm³/mol. The Morgan fingerprint density at radius 3 is 1.92 bits per heavy atom. The fraction of sp³-hybridized carbons (Fsp3) is 0.478. The van der Waals surface area contributed by atoms with E-state index in [9.17, 15) is 5.11 Å². The van der Waals surface area contributed by atoms with Gasteiger partial charge in [0.15, 0.2) is 0 Å². The molecule has 0 aliphatic rings. The Balaban J connectivity index is 0.00000338. The van der Waals surface area contributed by atoms with Gasteiger partial charge in [-0.25, -0.2) is 0 Å². The van der Waals surface area contributed by atoms with Gasteiger partial charge in [-0.05, 0) is 44.4 Å². The molecule has 0 aromatic heterocycles. The first-order valence-corrected chi connectivity index (χ1v) is 9.48. The van der Waals surface area contributed by atoms with Gasteiger partial charge in [0.2, 0.25) is 0 Å². The first-order valence-electron chi connectivity index (χ1n) is 9.48. The van der Waals surface area contributed by atoms with E-state index in [-0.39, 0.29) is 30.6 Å². The molecule has 0 fully saturated rings. The second kappa shape index (κ2) is 10.4. The molecule has 3 heteroatoms. The molecule has 0 heterocycles. The summed E-state index contributed by atoms with van der Waals surface area (Å²) in [5.74, 6) is 0.319. The third-order valence-corrected chi connectivity index (χ3v) is 6.06. The van der Waals surface area contributed by atoms with Crippen molar-refractivity contribution in [1.29, 1.82) is 0 Å². The summed E-state index contributed by atoms with van der Waals surface area (Å²) >= 11 is 0. The van der Waals surface area contributed by atoms with Crippen LogP contribution in [0.25, 0.3) is 0 Å². The Labute approximate surface area is 176 Å². The Morgan fingerprint density at radius 2 is 1.38 bits per heavy atom. The minimum atomic E-state index is 0. The van der Waals surface area contributed by atoms with E-state index in [0.29, 0.717) is 18.0 Å². The molecule has 26 heavy (non-hydrogen) atoms. The summed E-state index contributed by atoms with van der Waals surface area (Å²) < 4.78 is 1.06. The number of quaternary nitrogens is 1. The largest absolute Gasteiger partial charge is 1.00 e. The number of aliphatic hydroxyl groups excluding tert-OH is 1. The van der Waals surface area contributed by atoms with Crippen molar-refractivity contribution in [3.63, 3.8) is 0 Å². The topological polar surface area (TPSA) is 20.2 Å². The lowest BCUT2D eigenvalue weighted by Gasteiger charge is -2.43. The third kappa shape index (κ3) is 5.30. The van der Waals surface area contributed by atoms with Crippen LogP contribution in [-0.2, 0) is 6.61 Å². The number of halogens is 1. The van der Waals surface area contributed by atoms with Crippen molar-refractivity contribution >= 4 is 0 Å². The number of hydrogen-bond acceptors (Lipinski definition) is 1. The molecule has 0 saturated heterocycles. The van der Waals surface area contributed by atoms with Gasteiger partial charge in [0, 0.05) is 12.3 Å². The van der Waals surface area contributed by atoms with Crippen molar-refractivity contribution < 1.29 is 33.6 Å². The zero-order chi connectivity index (χ0) is 18.4. The van der Waals surface area contributed by atoms with Crippen LogP contribution in [0.3, 0.4) is 0 Å². The average Bonchev–Trinajstić information content (AvgIpc) is 2.62. The van der Waals surface area contributed by atoms with Gasteiger partial charge < -0.3 is 33.6 Å². The van der Waals surface area contributed by atoms with E-state index in [2.05, 4.69) is 77.2 Å². The highest BCUT2D eigenvalue weighted by Crippen LogP contribution is 2.32. The van der Waals surface area contributed by atoms with E-state index in [0.717, 1.165) is 23.0 Å². The molecule has 2 aromatic carbocycles. The maximum atomic E-state index is 9.81. The molecule has 0 bridgehead atoms. The Kier molecular flexibility index (Phi) is 9.28. The maximum Gasteiger partial charge on any atom is 0.0833 e. The van der Waals surface area contributed by atoms with E-state index in [1.54, 1.807) is 0 Å². The van der Waals surface area contributed by atoms with Gasteiger partial charge in [-0.3, -0.25) is 0 Å². The van der Waals surface area contributed by atoms with Crippen LogP contribution in [0.2, 0.25) is 0 Å². The molecule has 0 spiro atoms. The van der Waals surface area contributed by atoms with Gasteiger partial charge in [-0.2, -0.15) is 0 Å². The van der Waals surface area contributed by atoms with Crippen LogP contribution < -0.4 is 24.0 Å². The molecular formula is C23H34INO. The summed E-state index contributed by atoms with van der Waals surface area (Å²) in [5, 5.41) is 9.81. The fourth-order valence-electron chi connectivity index (χ4n) is 3.73. The van der Waals surface area contributed by atoms with Gasteiger partial charge in [0.05, 0.1) is 32.3 Å². The van der Waals surface area contributed by atoms with Crippen LogP contribution in [-0.4, -0.2) is 35.3 Å². The summed E-state index contributed by atoms with van der Waals surface area (Å²) in [5.41, 5.74) is 3.64. The van der Waals surface area contributed by atoms with Gasteiger partial charge in [-0.15, -0.1) is 0 Å². The van der Waals surface area contributed by atoms with Crippen molar-refractivity contribution in [3.05, 3.63) is 71.3 Å². The van der Waals surface area contributed by atoms with Crippen LogP contribution in [0.15, 0.2) is 54.6 Å². The molecular weight excluding hydrogens is 433 g/mol. The summed E-state index contributed by atoms with van der Waals surface area (Å²) in [7, 11) is 2.37. The number of benzene rings is 2. The van der Waals surface area contributed by atoms with Gasteiger partial charge >= 0.3 is 0 Å². The normalized spacial score (nSPS) is 12.9. The molecule has 1 atom stereocenters. The van der Waals surface area contributed by atoms with Crippen molar-refractivity contribution in [3.8, 4) is 0 Å². The standard InChI is InChI=1S/C23H34NO.HI/c1-18(2)24(5,19(3)4)16-15-23(20-11-7-6-8-12-20)22-14-10-9-13-21(22)17-25;/h6-14,18-19,23,25H,15-17H2,1-5H3;1H/q+1;/p-1/t23-;/m1./s1. The highest BCUT2D eigenvalue weighted by Gasteiger charge is 2.31. The smallest absolute Gasteiger partial charge is 0.0833 e.